The van der Waals surface area contributed by atoms with Crippen molar-refractivity contribution in [3.05, 3.63) is 39.9 Å². The van der Waals surface area contributed by atoms with Gasteiger partial charge in [-0.3, -0.25) is 10.1 Å². The molecule has 0 fully saturated rings. The normalized spacial score (nSPS) is 9.90. The van der Waals surface area contributed by atoms with E-state index < -0.39 is 4.92 Å². The minimum absolute atomic E-state index is 0.0239. The Hall–Kier alpha value is -2.86. The number of nitro benzene ring substituents is 1. The van der Waals surface area contributed by atoms with E-state index in [1.165, 1.54) is 30.0 Å². The standard InChI is InChI=1S/C12H9N5O3S/c1-21-12-15-10(14)5-11(16-12)20-9-3-2-7(6-13)4-8(9)17(18)19/h2-5H,1H3,(H2,14,15,16). The van der Waals surface area contributed by atoms with Crippen molar-refractivity contribution in [1.29, 1.82) is 5.26 Å². The lowest BCUT2D eigenvalue weighted by molar-refractivity contribution is -0.385. The molecule has 0 aliphatic carbocycles. The van der Waals surface area contributed by atoms with Crippen LogP contribution in [0.15, 0.2) is 29.4 Å². The van der Waals surface area contributed by atoms with Crippen LogP contribution >= 0.6 is 11.8 Å². The van der Waals surface area contributed by atoms with Crippen LogP contribution in [0.1, 0.15) is 5.56 Å². The summed E-state index contributed by atoms with van der Waals surface area (Å²) in [5.74, 6) is 0.268. The van der Waals surface area contributed by atoms with E-state index in [1.54, 1.807) is 6.26 Å². The molecular weight excluding hydrogens is 294 g/mol. The van der Waals surface area contributed by atoms with Crippen LogP contribution in [0.4, 0.5) is 11.5 Å². The molecule has 0 spiro atoms. The topological polar surface area (TPSA) is 128 Å². The number of nitriles is 1. The van der Waals surface area contributed by atoms with Crippen molar-refractivity contribution in [3.63, 3.8) is 0 Å². The number of nitro groups is 1. The maximum atomic E-state index is 11.0. The van der Waals surface area contributed by atoms with Gasteiger partial charge in [0.25, 0.3) is 0 Å². The van der Waals surface area contributed by atoms with Gasteiger partial charge < -0.3 is 10.5 Å². The monoisotopic (exact) mass is 303 g/mol. The molecule has 1 aromatic heterocycles. The van der Waals surface area contributed by atoms with Gasteiger partial charge in [-0.15, -0.1) is 0 Å². The first-order chi connectivity index (χ1) is 10.0. The molecule has 0 bridgehead atoms. The molecule has 0 aliphatic heterocycles. The molecule has 0 saturated carbocycles. The predicted molar refractivity (Wildman–Crippen MR) is 76.1 cm³/mol. The number of anilines is 1. The van der Waals surface area contributed by atoms with E-state index in [1.807, 2.05) is 6.07 Å². The summed E-state index contributed by atoms with van der Waals surface area (Å²) < 4.78 is 5.40. The maximum Gasteiger partial charge on any atom is 0.312 e. The third-order valence-electron chi connectivity index (χ3n) is 2.38. The molecule has 0 saturated heterocycles. The van der Waals surface area contributed by atoms with Gasteiger partial charge in [0.05, 0.1) is 16.6 Å². The Morgan fingerprint density at radius 3 is 2.81 bits per heavy atom. The molecular formula is C12H9N5O3S. The van der Waals surface area contributed by atoms with E-state index in [9.17, 15) is 10.1 Å². The van der Waals surface area contributed by atoms with Crippen molar-refractivity contribution in [1.82, 2.24) is 9.97 Å². The van der Waals surface area contributed by atoms with Crippen LogP contribution in [-0.4, -0.2) is 21.1 Å². The third kappa shape index (κ3) is 3.37. The highest BCUT2D eigenvalue weighted by Crippen LogP contribution is 2.32. The summed E-state index contributed by atoms with van der Waals surface area (Å²) in [6.45, 7) is 0. The van der Waals surface area contributed by atoms with Gasteiger partial charge in [-0.05, 0) is 18.4 Å². The van der Waals surface area contributed by atoms with Gasteiger partial charge in [-0.25, -0.2) is 4.98 Å². The number of thioether (sulfide) groups is 1. The summed E-state index contributed by atoms with van der Waals surface area (Å²) in [4.78, 5) is 18.4. The first-order valence-corrected chi connectivity index (χ1v) is 6.81. The fraction of sp³-hybridized carbons (Fsp3) is 0.0833. The lowest BCUT2D eigenvalue weighted by Crippen LogP contribution is -1.99. The van der Waals surface area contributed by atoms with Crippen molar-refractivity contribution in [2.75, 3.05) is 12.0 Å². The number of nitrogens with two attached hydrogens (primary N) is 1. The van der Waals surface area contributed by atoms with Crippen LogP contribution < -0.4 is 10.5 Å². The molecule has 8 nitrogen and oxygen atoms in total. The van der Waals surface area contributed by atoms with E-state index in [0.717, 1.165) is 6.07 Å². The van der Waals surface area contributed by atoms with Crippen LogP contribution in [0.25, 0.3) is 0 Å². The Morgan fingerprint density at radius 1 is 1.43 bits per heavy atom. The predicted octanol–water partition coefficient (Wildman–Crippen LogP) is 2.35. The number of nitrogens with zero attached hydrogens (tertiary/aromatic N) is 4. The Kier molecular flexibility index (Phi) is 4.20. The molecule has 106 valence electrons. The number of rotatable bonds is 4. The Bertz CT molecular complexity index is 744. The van der Waals surface area contributed by atoms with Gasteiger partial charge in [0.2, 0.25) is 11.6 Å². The Morgan fingerprint density at radius 2 is 2.19 bits per heavy atom. The fourth-order valence-corrected chi connectivity index (χ4v) is 1.87. The average molecular weight is 303 g/mol. The number of hydrogen-bond acceptors (Lipinski definition) is 8. The lowest BCUT2D eigenvalue weighted by atomic mass is 10.2. The Balaban J connectivity index is 2.42. The van der Waals surface area contributed by atoms with Gasteiger partial charge in [0.1, 0.15) is 5.82 Å². The van der Waals surface area contributed by atoms with E-state index >= 15 is 0 Å². The number of aromatic nitrogens is 2. The molecule has 21 heavy (non-hydrogen) atoms. The largest absolute Gasteiger partial charge is 0.432 e. The van der Waals surface area contributed by atoms with E-state index in [4.69, 9.17) is 15.7 Å². The average Bonchev–Trinajstić information content (AvgIpc) is 2.46. The lowest BCUT2D eigenvalue weighted by Gasteiger charge is -2.07. The number of benzene rings is 1. The summed E-state index contributed by atoms with van der Waals surface area (Å²) in [5, 5.41) is 20.2. The second-order valence-electron chi connectivity index (χ2n) is 3.77. The van der Waals surface area contributed by atoms with Crippen LogP contribution in [0.2, 0.25) is 0 Å². The minimum Gasteiger partial charge on any atom is -0.432 e. The second kappa shape index (κ2) is 6.06. The highest BCUT2D eigenvalue weighted by molar-refractivity contribution is 7.98. The number of hydrogen-bond donors (Lipinski definition) is 1. The van der Waals surface area contributed by atoms with Crippen molar-refractivity contribution >= 4 is 23.3 Å². The molecule has 0 atom stereocenters. The molecule has 2 aromatic rings. The first-order valence-electron chi connectivity index (χ1n) is 5.58. The smallest absolute Gasteiger partial charge is 0.312 e. The van der Waals surface area contributed by atoms with Crippen molar-refractivity contribution < 1.29 is 9.66 Å². The number of nitrogen functional groups attached to an aromatic ring is 1. The van der Waals surface area contributed by atoms with Gasteiger partial charge in [0.15, 0.2) is 5.16 Å². The zero-order valence-electron chi connectivity index (χ0n) is 10.8. The molecule has 0 amide bonds. The minimum atomic E-state index is -0.629. The first kappa shape index (κ1) is 14.5. The molecule has 0 radical (unpaired) electrons. The SMILES string of the molecule is CSc1nc(N)cc(Oc2ccc(C#N)cc2[N+](=O)[O-])n1. The summed E-state index contributed by atoms with van der Waals surface area (Å²) in [5.41, 5.74) is 5.46. The zero-order valence-corrected chi connectivity index (χ0v) is 11.6. The van der Waals surface area contributed by atoms with Gasteiger partial charge in [-0.1, -0.05) is 11.8 Å². The molecule has 2 N–H and O–H groups in total. The van der Waals surface area contributed by atoms with E-state index in [0.29, 0.717) is 5.16 Å². The van der Waals surface area contributed by atoms with E-state index in [-0.39, 0.29) is 28.7 Å². The molecule has 2 rings (SSSR count). The third-order valence-corrected chi connectivity index (χ3v) is 2.93. The molecule has 0 unspecified atom stereocenters. The number of ether oxygens (including phenoxy) is 1. The van der Waals surface area contributed by atoms with Crippen molar-refractivity contribution in [3.8, 4) is 17.7 Å². The van der Waals surface area contributed by atoms with Gasteiger partial charge in [-0.2, -0.15) is 10.2 Å². The summed E-state index contributed by atoms with van der Waals surface area (Å²) in [6, 6.07) is 7.09. The summed E-state index contributed by atoms with van der Waals surface area (Å²) in [6.07, 6.45) is 1.77. The van der Waals surface area contributed by atoms with E-state index in [2.05, 4.69) is 9.97 Å². The Labute approximate surface area is 123 Å². The summed E-state index contributed by atoms with van der Waals surface area (Å²) >= 11 is 1.27. The molecule has 1 heterocycles. The van der Waals surface area contributed by atoms with Crippen LogP contribution in [0, 0.1) is 21.4 Å². The molecule has 1 aromatic carbocycles. The zero-order chi connectivity index (χ0) is 15.4. The van der Waals surface area contributed by atoms with Crippen LogP contribution in [0.3, 0.4) is 0 Å². The van der Waals surface area contributed by atoms with Crippen LogP contribution in [-0.2, 0) is 0 Å². The van der Waals surface area contributed by atoms with Crippen LogP contribution in [0.5, 0.6) is 11.6 Å². The highest BCUT2D eigenvalue weighted by Gasteiger charge is 2.18. The second-order valence-corrected chi connectivity index (χ2v) is 4.54. The van der Waals surface area contributed by atoms with Crippen molar-refractivity contribution in [2.45, 2.75) is 5.16 Å². The van der Waals surface area contributed by atoms with Gasteiger partial charge in [0, 0.05) is 12.1 Å². The quantitative estimate of drug-likeness (QED) is 0.394. The maximum absolute atomic E-state index is 11.0. The van der Waals surface area contributed by atoms with Crippen molar-refractivity contribution in [2.24, 2.45) is 0 Å². The summed E-state index contributed by atoms with van der Waals surface area (Å²) in [7, 11) is 0. The van der Waals surface area contributed by atoms with Gasteiger partial charge >= 0.3 is 5.69 Å². The molecule has 9 heteroatoms. The molecule has 0 aliphatic rings. The highest BCUT2D eigenvalue weighted by atomic mass is 32.2. The fourth-order valence-electron chi connectivity index (χ4n) is 1.49.